The van der Waals surface area contributed by atoms with Crippen LogP contribution in [-0.2, 0) is 47.7 Å². The van der Waals surface area contributed by atoms with E-state index in [0.717, 1.165) is 20.4 Å². The van der Waals surface area contributed by atoms with Gasteiger partial charge in [0, 0.05) is 0 Å². The van der Waals surface area contributed by atoms with Crippen LogP contribution in [0.4, 0.5) is 43.9 Å². The van der Waals surface area contributed by atoms with Crippen LogP contribution in [0.25, 0.3) is 0 Å². The normalized spacial score (nSPS) is 13.2. The topological polar surface area (TPSA) is 149 Å². The molecule has 0 saturated carbocycles. The van der Waals surface area contributed by atoms with Crippen molar-refractivity contribution in [3.63, 3.8) is 0 Å². The summed E-state index contributed by atoms with van der Waals surface area (Å²) in [6.45, 7) is 4.42. The van der Waals surface area contributed by atoms with Gasteiger partial charge in [-0.05, 0) is 13.8 Å². The summed E-state index contributed by atoms with van der Waals surface area (Å²) in [5.41, 5.74) is 0. The van der Waals surface area contributed by atoms with Gasteiger partial charge in [0.15, 0.2) is 0 Å². The Balaban J connectivity index is -0.000000233. The second kappa shape index (κ2) is 16.5. The summed E-state index contributed by atoms with van der Waals surface area (Å²) in [4.78, 5) is 50.8. The van der Waals surface area contributed by atoms with Gasteiger partial charge in [-0.1, -0.05) is 13.8 Å². The van der Waals surface area contributed by atoms with Crippen molar-refractivity contribution in [1.29, 1.82) is 0 Å². The van der Waals surface area contributed by atoms with Gasteiger partial charge in [-0.2, -0.15) is 43.9 Å². The zero-order valence-corrected chi connectivity index (χ0v) is 20.2. The van der Waals surface area contributed by atoms with Crippen molar-refractivity contribution >= 4 is 29.3 Å². The van der Waals surface area contributed by atoms with E-state index in [0.29, 0.717) is 13.8 Å². The monoisotopic (exact) mass is 588 g/mol. The number of aliphatic carboxylic acids is 2. The van der Waals surface area contributed by atoms with Crippen LogP contribution in [0.1, 0.15) is 40.5 Å². The molecule has 36 heavy (non-hydrogen) atoms. The maximum atomic E-state index is 12.2. The Bertz CT molecular complexity index is 706. The molecule has 0 amide bonds. The molecule has 0 aromatic heterocycles. The first-order chi connectivity index (χ1) is 15.7. The fourth-order valence-corrected chi connectivity index (χ4v) is 1.21. The van der Waals surface area contributed by atoms with Gasteiger partial charge in [0.2, 0.25) is 0 Å². The number of carboxylic acid groups (broad SMARTS) is 2. The summed E-state index contributed by atoms with van der Waals surface area (Å²) in [5, 5.41) is 20.0. The van der Waals surface area contributed by atoms with E-state index < -0.39 is 72.4 Å². The van der Waals surface area contributed by atoms with Gasteiger partial charge in [0.05, 0.1) is 36.6 Å². The summed E-state index contributed by atoms with van der Waals surface area (Å²) >= 11 is 0.750. The van der Waals surface area contributed by atoms with Crippen LogP contribution in [0.15, 0.2) is 0 Å². The van der Waals surface area contributed by atoms with Crippen LogP contribution in [0.5, 0.6) is 0 Å². The van der Waals surface area contributed by atoms with Crippen molar-refractivity contribution < 1.29 is 102 Å². The summed E-state index contributed by atoms with van der Waals surface area (Å²) in [6.07, 6.45) is -16.1. The Morgan fingerprint density at radius 2 is 0.778 bits per heavy atom. The number of hydrogen-bond donors (Lipinski definition) is 0. The summed E-state index contributed by atoms with van der Waals surface area (Å²) < 4.78 is 127. The third-order valence-corrected chi connectivity index (χ3v) is 3.29. The van der Waals surface area contributed by atoms with E-state index in [9.17, 15) is 78.1 Å². The van der Waals surface area contributed by atoms with Crippen molar-refractivity contribution in [2.75, 3.05) is 0 Å². The number of carbonyl (C=O) groups excluding carboxylic acids is 5. The molecule has 0 aromatic carbocycles. The number of ketones is 3. The van der Waals surface area contributed by atoms with Gasteiger partial charge < -0.3 is 24.6 Å². The van der Waals surface area contributed by atoms with Crippen LogP contribution >= 0.6 is 0 Å². The first-order valence-electron chi connectivity index (χ1n) is 8.75. The average molecular weight is 588 g/mol. The van der Waals surface area contributed by atoms with Crippen LogP contribution in [0.2, 0.25) is 0 Å². The molecule has 0 heterocycles. The standard InChI is InChI=1S/2C7H7F5O3.C3H6O.O.Ti/c2*1-3(5(14)15)4(13)2-6(8,9)7(10,11)12;1-3(2)4;;/h2*3H,2H2,1H3,(H,14,15);1-2H3;;/q;;;;+2/p-2. The fraction of sp³-hybridized carbons (Fsp3) is 0.706. The van der Waals surface area contributed by atoms with Crippen molar-refractivity contribution in [3.8, 4) is 0 Å². The van der Waals surface area contributed by atoms with Crippen LogP contribution in [-0.4, -0.2) is 53.5 Å². The first kappa shape index (κ1) is 40.9. The fourth-order valence-electron chi connectivity index (χ4n) is 1.21. The van der Waals surface area contributed by atoms with Crippen LogP contribution in [0, 0.1) is 11.8 Å². The minimum atomic E-state index is -5.87. The molecule has 2 unspecified atom stereocenters. The SMILES string of the molecule is CC(C(=O)[O-])C(=O)CC(F)(F)C(F)(F)F.CC(C(=O)[O-])C(=O)CC(F)(F)C(F)(F)F.CC(C)=O.[O]=[Ti+2]. The van der Waals surface area contributed by atoms with Gasteiger partial charge in [-0.3, -0.25) is 9.59 Å². The molecule has 0 spiro atoms. The van der Waals surface area contributed by atoms with E-state index in [1.807, 2.05) is 0 Å². The number of halogens is 10. The number of carboxylic acids is 2. The third-order valence-electron chi connectivity index (χ3n) is 3.29. The van der Waals surface area contributed by atoms with Crippen LogP contribution in [0.3, 0.4) is 0 Å². The molecular formula is C17H18F10O8Ti. The molecule has 19 heteroatoms. The number of hydrogen-bond acceptors (Lipinski definition) is 8. The minimum absolute atomic E-state index is 0.167. The number of carbonyl (C=O) groups is 5. The molecule has 0 aliphatic rings. The molecule has 0 fully saturated rings. The Morgan fingerprint density at radius 3 is 0.889 bits per heavy atom. The summed E-state index contributed by atoms with van der Waals surface area (Å²) in [5.74, 6) is -21.7. The van der Waals surface area contributed by atoms with Gasteiger partial charge in [-0.15, -0.1) is 0 Å². The van der Waals surface area contributed by atoms with Crippen molar-refractivity contribution in [2.24, 2.45) is 11.8 Å². The van der Waals surface area contributed by atoms with E-state index in [1.54, 1.807) is 0 Å². The zero-order valence-electron chi connectivity index (χ0n) is 18.6. The van der Waals surface area contributed by atoms with Gasteiger partial charge in [0.1, 0.15) is 17.3 Å². The Labute approximate surface area is 208 Å². The molecule has 8 nitrogen and oxygen atoms in total. The van der Waals surface area contributed by atoms with E-state index in [2.05, 4.69) is 0 Å². The molecule has 0 N–H and O–H groups in total. The predicted octanol–water partition coefficient (Wildman–Crippen LogP) is 1.53. The Hall–Kier alpha value is -2.24. The van der Waals surface area contributed by atoms with Gasteiger partial charge in [-0.25, -0.2) is 0 Å². The molecule has 208 valence electrons. The molecule has 0 aliphatic carbocycles. The Kier molecular flexibility index (Phi) is 18.7. The van der Waals surface area contributed by atoms with E-state index in [1.165, 1.54) is 13.8 Å². The second-order valence-electron chi connectivity index (χ2n) is 6.68. The number of rotatable bonds is 8. The number of Topliss-reactive ketones (excluding diaryl/α,β-unsaturated/α-hetero) is 3. The Morgan fingerprint density at radius 1 is 0.611 bits per heavy atom. The molecule has 0 aromatic rings. The molecule has 0 aliphatic heterocycles. The molecule has 0 radical (unpaired) electrons. The zero-order chi connectivity index (χ0) is 30.5. The van der Waals surface area contributed by atoms with Crippen molar-refractivity contribution in [1.82, 2.24) is 0 Å². The second-order valence-corrected chi connectivity index (χ2v) is 6.68. The molecule has 0 bridgehead atoms. The molecule has 2 atom stereocenters. The summed E-state index contributed by atoms with van der Waals surface area (Å²) in [7, 11) is 0. The van der Waals surface area contributed by atoms with Crippen LogP contribution < -0.4 is 10.2 Å². The third kappa shape index (κ3) is 17.2. The van der Waals surface area contributed by atoms with E-state index in [-0.39, 0.29) is 5.78 Å². The van der Waals surface area contributed by atoms with Crippen molar-refractivity contribution in [3.05, 3.63) is 0 Å². The number of alkyl halides is 10. The molecule has 0 saturated heterocycles. The maximum absolute atomic E-state index is 12.2. The summed E-state index contributed by atoms with van der Waals surface area (Å²) in [6, 6.07) is 0. The van der Waals surface area contributed by atoms with E-state index >= 15 is 0 Å². The van der Waals surface area contributed by atoms with Gasteiger partial charge in [0.25, 0.3) is 0 Å². The predicted molar refractivity (Wildman–Crippen MR) is 86.6 cm³/mol. The van der Waals surface area contributed by atoms with Gasteiger partial charge >= 0.3 is 47.9 Å². The quantitative estimate of drug-likeness (QED) is 0.236. The van der Waals surface area contributed by atoms with E-state index in [4.69, 9.17) is 3.32 Å². The first-order valence-corrected chi connectivity index (χ1v) is 9.38. The average Bonchev–Trinajstić information content (AvgIpc) is 2.65. The molecule has 0 rings (SSSR count). The van der Waals surface area contributed by atoms with Crippen molar-refractivity contribution in [2.45, 2.75) is 64.7 Å². The molecular weight excluding hydrogens is 570 g/mol.